The summed E-state index contributed by atoms with van der Waals surface area (Å²) < 4.78 is 12.3. The van der Waals surface area contributed by atoms with E-state index in [0.717, 1.165) is 60.0 Å². The smallest absolute Gasteiger partial charge is 0.246 e. The van der Waals surface area contributed by atoms with Gasteiger partial charge in [0.05, 0.1) is 9.93 Å². The minimum Gasteiger partial charge on any atom is -1.00 e. The molecule has 5 nitrogen and oxygen atoms in total. The van der Waals surface area contributed by atoms with Crippen molar-refractivity contribution in [3.05, 3.63) is 74.7 Å². The number of hydrogen-bond acceptors (Lipinski definition) is 3. The molecular weight excluding hydrogens is 755 g/mol. The van der Waals surface area contributed by atoms with Crippen molar-refractivity contribution in [3.63, 3.8) is 0 Å². The number of rotatable bonds is 4. The summed E-state index contributed by atoms with van der Waals surface area (Å²) in [6.45, 7) is 3.75. The molecule has 5 rings (SSSR count). The van der Waals surface area contributed by atoms with E-state index in [2.05, 4.69) is 50.1 Å². The van der Waals surface area contributed by atoms with Crippen LogP contribution in [0.1, 0.15) is 49.1 Å². The Morgan fingerprint density at radius 2 is 1.36 bits per heavy atom. The molecule has 0 radical (unpaired) electrons. The van der Waals surface area contributed by atoms with E-state index in [0.29, 0.717) is 11.8 Å². The summed E-state index contributed by atoms with van der Waals surface area (Å²) in [5, 5.41) is 0. The van der Waals surface area contributed by atoms with Gasteiger partial charge in [-0.15, -0.1) is 4.21 Å². The van der Waals surface area contributed by atoms with E-state index in [1.807, 2.05) is 46.2 Å². The molecular formula is C30H39Br2IN2O3S. The number of likely N-dealkylation sites (tertiary alicyclic amines) is 2. The topological polar surface area (TPSA) is 57.7 Å². The molecule has 2 atom stereocenters. The van der Waals surface area contributed by atoms with Gasteiger partial charge in [-0.05, 0) is 79.5 Å². The number of amides is 2. The summed E-state index contributed by atoms with van der Waals surface area (Å²) in [6, 6.07) is 16.3. The first-order valence-corrected chi connectivity index (χ1v) is 17.5. The highest BCUT2D eigenvalue weighted by molar-refractivity contribution is 9.10. The van der Waals surface area contributed by atoms with Crippen molar-refractivity contribution >= 4 is 59.7 Å². The number of carbonyl (C=O) groups excluding carboxylic acids is 2. The Morgan fingerprint density at radius 1 is 0.846 bits per heavy atom. The van der Waals surface area contributed by atoms with Crippen LogP contribution in [0.2, 0.25) is 0 Å². The Hall–Kier alpha value is -1.04. The fraction of sp³-hybridized carbons (Fsp3) is 0.467. The second kappa shape index (κ2) is 16.4. The van der Waals surface area contributed by atoms with Crippen LogP contribution in [0.25, 0.3) is 6.08 Å². The maximum absolute atomic E-state index is 12.2. The van der Waals surface area contributed by atoms with Crippen LogP contribution in [0, 0.1) is 5.92 Å². The van der Waals surface area contributed by atoms with E-state index in [9.17, 15) is 13.8 Å². The molecule has 1 aliphatic carbocycles. The van der Waals surface area contributed by atoms with Crippen LogP contribution >= 0.6 is 31.9 Å². The first-order chi connectivity index (χ1) is 18.0. The third-order valence-electron chi connectivity index (χ3n) is 6.49. The van der Waals surface area contributed by atoms with Crippen molar-refractivity contribution in [2.75, 3.05) is 44.9 Å². The monoisotopic (exact) mass is 792 g/mol. The molecule has 214 valence electrons. The van der Waals surface area contributed by atoms with Gasteiger partial charge in [-0.2, -0.15) is 0 Å². The highest BCUT2D eigenvalue weighted by Gasteiger charge is 2.46. The fourth-order valence-corrected chi connectivity index (χ4v) is 5.40. The average Bonchev–Trinajstić information content (AvgIpc) is 3.22. The molecule has 2 saturated heterocycles. The van der Waals surface area contributed by atoms with Gasteiger partial charge in [0.15, 0.2) is 0 Å². The van der Waals surface area contributed by atoms with E-state index in [1.165, 1.54) is 18.4 Å². The Labute approximate surface area is 268 Å². The van der Waals surface area contributed by atoms with Crippen molar-refractivity contribution in [1.82, 2.24) is 9.80 Å². The SMILES string of the molecule is C[S+](C)(C)=O.O=C(/C=C/c1cccc(Br)c1)N1CCCC1.O=C(C1CC1c1cccc(Br)c1)N1CCCC1.[I-]. The van der Waals surface area contributed by atoms with Gasteiger partial charge in [0.25, 0.3) is 0 Å². The summed E-state index contributed by atoms with van der Waals surface area (Å²) in [5.74, 6) is 1.22. The van der Waals surface area contributed by atoms with Crippen molar-refractivity contribution in [1.29, 1.82) is 0 Å². The Kier molecular flexibility index (Phi) is 14.4. The second-order valence-corrected chi connectivity index (χ2v) is 16.0. The van der Waals surface area contributed by atoms with E-state index in [1.54, 1.807) is 24.8 Å². The molecule has 0 bridgehead atoms. The molecule has 3 fully saturated rings. The van der Waals surface area contributed by atoms with Crippen LogP contribution in [-0.2, 0) is 23.7 Å². The third-order valence-corrected chi connectivity index (χ3v) is 7.47. The standard InChI is InChI=1S/C14H16BrNO.C13H14BrNO.C3H9OS.HI/c15-11-5-3-4-10(8-11)12-9-13(12)14(17)16-6-1-2-7-16;14-12-5-3-4-11(10-12)6-7-13(16)15-8-1-2-9-15;1-5(2,3)4;/h3-5,8,12-13H,1-2,6-7,9H2;3-7,10H,1-2,8-9H2;1-3H3;1H/q;;+1;/p-1/b;7-6+;;. The van der Waals surface area contributed by atoms with E-state index >= 15 is 0 Å². The van der Waals surface area contributed by atoms with Crippen LogP contribution in [0.4, 0.5) is 0 Å². The molecule has 2 heterocycles. The maximum atomic E-state index is 12.2. The molecule has 0 spiro atoms. The molecule has 1 saturated carbocycles. The van der Waals surface area contributed by atoms with Gasteiger partial charge in [0.2, 0.25) is 11.8 Å². The lowest BCUT2D eigenvalue weighted by molar-refractivity contribution is -0.131. The number of carbonyl (C=O) groups is 2. The first-order valence-electron chi connectivity index (χ1n) is 13.2. The van der Waals surface area contributed by atoms with E-state index in [-0.39, 0.29) is 35.8 Å². The molecule has 3 aliphatic rings. The zero-order chi connectivity index (χ0) is 27.7. The van der Waals surface area contributed by atoms with Crippen LogP contribution in [0.3, 0.4) is 0 Å². The summed E-state index contributed by atoms with van der Waals surface area (Å²) in [5.41, 5.74) is 2.35. The van der Waals surface area contributed by atoms with E-state index in [4.69, 9.17) is 0 Å². The lowest BCUT2D eigenvalue weighted by Gasteiger charge is -2.14. The molecule has 0 aromatic heterocycles. The highest BCUT2D eigenvalue weighted by atomic mass is 127. The average molecular weight is 794 g/mol. The molecule has 0 N–H and O–H groups in total. The molecule has 2 aromatic carbocycles. The first kappa shape index (κ1) is 34.2. The Balaban J connectivity index is 0.000000229. The normalized spacial score (nSPS) is 19.9. The van der Waals surface area contributed by atoms with Crippen LogP contribution < -0.4 is 24.0 Å². The Morgan fingerprint density at radius 3 is 1.90 bits per heavy atom. The lowest BCUT2D eigenvalue weighted by atomic mass is 10.1. The quantitative estimate of drug-likeness (QED) is 0.270. The molecule has 2 aromatic rings. The van der Waals surface area contributed by atoms with Gasteiger partial charge >= 0.3 is 0 Å². The van der Waals surface area contributed by atoms with Gasteiger partial charge in [0, 0.05) is 47.1 Å². The number of halogens is 3. The van der Waals surface area contributed by atoms with E-state index < -0.39 is 9.93 Å². The summed E-state index contributed by atoms with van der Waals surface area (Å²) in [6.07, 6.45) is 14.3. The van der Waals surface area contributed by atoms with Crippen LogP contribution in [0.5, 0.6) is 0 Å². The number of nitrogens with zero attached hydrogens (tertiary/aromatic N) is 2. The predicted octanol–water partition coefficient (Wildman–Crippen LogP) is 3.64. The van der Waals surface area contributed by atoms with Gasteiger partial charge in [-0.25, -0.2) is 0 Å². The predicted molar refractivity (Wildman–Crippen MR) is 166 cm³/mol. The highest BCUT2D eigenvalue weighted by Crippen LogP contribution is 2.49. The number of hydrogen-bond donors (Lipinski definition) is 0. The van der Waals surface area contributed by atoms with Crippen molar-refractivity contribution in [3.8, 4) is 0 Å². The minimum atomic E-state index is -1.42. The summed E-state index contributed by atoms with van der Waals surface area (Å²) >= 11 is 6.89. The summed E-state index contributed by atoms with van der Waals surface area (Å²) in [4.78, 5) is 27.9. The molecule has 2 aliphatic heterocycles. The Bertz CT molecular complexity index is 1170. The van der Waals surface area contributed by atoms with Gasteiger partial charge in [-0.3, -0.25) is 9.59 Å². The van der Waals surface area contributed by atoms with Crippen LogP contribution in [0.15, 0.2) is 63.6 Å². The fourth-order valence-electron chi connectivity index (χ4n) is 4.57. The number of benzene rings is 2. The van der Waals surface area contributed by atoms with Gasteiger partial charge < -0.3 is 33.8 Å². The minimum absolute atomic E-state index is 0. The molecule has 2 unspecified atom stereocenters. The lowest BCUT2D eigenvalue weighted by Crippen LogP contribution is -3.00. The summed E-state index contributed by atoms with van der Waals surface area (Å²) in [7, 11) is -1.42. The second-order valence-electron chi connectivity index (χ2n) is 10.7. The van der Waals surface area contributed by atoms with Gasteiger partial charge in [-0.1, -0.05) is 56.1 Å². The van der Waals surface area contributed by atoms with Gasteiger partial charge in [0.1, 0.15) is 18.8 Å². The molecule has 39 heavy (non-hydrogen) atoms. The maximum Gasteiger partial charge on any atom is 0.246 e. The van der Waals surface area contributed by atoms with Crippen molar-refractivity contribution < 1.29 is 37.8 Å². The largest absolute Gasteiger partial charge is 1.00 e. The third kappa shape index (κ3) is 12.6. The van der Waals surface area contributed by atoms with Crippen LogP contribution in [-0.4, -0.2) is 66.6 Å². The zero-order valence-electron chi connectivity index (χ0n) is 23.0. The zero-order valence-corrected chi connectivity index (χ0v) is 29.1. The molecule has 9 heteroatoms. The van der Waals surface area contributed by atoms with Crippen molar-refractivity contribution in [2.24, 2.45) is 5.92 Å². The molecule has 2 amide bonds. The van der Waals surface area contributed by atoms with Crippen molar-refractivity contribution in [2.45, 2.75) is 38.0 Å².